The monoisotopic (exact) mass is 299 g/mol. The molecule has 1 N–H and O–H groups in total. The first kappa shape index (κ1) is 13.4. The van der Waals surface area contributed by atoms with Gasteiger partial charge in [-0.3, -0.25) is 0 Å². The number of oxime groups is 1. The molecule has 1 heterocycles. The summed E-state index contributed by atoms with van der Waals surface area (Å²) >= 11 is 5.86. The topological polar surface area (TPSA) is 58.9 Å². The Kier molecular flexibility index (Phi) is 3.46. The van der Waals surface area contributed by atoms with E-state index in [4.69, 9.17) is 16.4 Å². The number of phenolic OH excluding ortho intramolecular Hbond substituents is 1. The van der Waals surface area contributed by atoms with Gasteiger partial charge in [0.2, 0.25) is 0 Å². The van der Waals surface area contributed by atoms with E-state index in [2.05, 4.69) is 5.16 Å². The van der Waals surface area contributed by atoms with E-state index in [-0.39, 0.29) is 10.8 Å². The molecular formula is C16H10ClNO3. The second kappa shape index (κ2) is 5.42. The summed E-state index contributed by atoms with van der Waals surface area (Å²) in [5, 5.41) is 13.5. The van der Waals surface area contributed by atoms with Crippen LogP contribution in [0.15, 0.2) is 59.3 Å². The van der Waals surface area contributed by atoms with Gasteiger partial charge in [0, 0.05) is 5.56 Å². The van der Waals surface area contributed by atoms with E-state index >= 15 is 0 Å². The Morgan fingerprint density at radius 3 is 2.62 bits per heavy atom. The van der Waals surface area contributed by atoms with Crippen molar-refractivity contribution in [2.75, 3.05) is 0 Å². The van der Waals surface area contributed by atoms with Gasteiger partial charge in [0.15, 0.2) is 0 Å². The summed E-state index contributed by atoms with van der Waals surface area (Å²) in [6.07, 6.45) is 1.63. The Balaban J connectivity index is 2.02. The molecule has 0 aromatic heterocycles. The maximum Gasteiger partial charge on any atom is 0.368 e. The minimum atomic E-state index is -0.516. The minimum absolute atomic E-state index is 0.00948. The van der Waals surface area contributed by atoms with Crippen LogP contribution >= 0.6 is 11.6 Å². The largest absolute Gasteiger partial charge is 0.506 e. The maximum atomic E-state index is 11.8. The van der Waals surface area contributed by atoms with Crippen LogP contribution in [0.5, 0.6) is 5.75 Å². The molecule has 0 amide bonds. The molecule has 0 aliphatic carbocycles. The Morgan fingerprint density at radius 2 is 1.90 bits per heavy atom. The van der Waals surface area contributed by atoms with Crippen molar-refractivity contribution < 1.29 is 14.7 Å². The summed E-state index contributed by atoms with van der Waals surface area (Å²) in [5.74, 6) is -0.525. The number of hydrogen-bond donors (Lipinski definition) is 1. The van der Waals surface area contributed by atoms with Crippen molar-refractivity contribution >= 4 is 29.4 Å². The van der Waals surface area contributed by atoms with Gasteiger partial charge in [-0.1, -0.05) is 53.2 Å². The van der Waals surface area contributed by atoms with Gasteiger partial charge >= 0.3 is 5.97 Å². The molecule has 21 heavy (non-hydrogen) atoms. The predicted molar refractivity (Wildman–Crippen MR) is 80.2 cm³/mol. The van der Waals surface area contributed by atoms with E-state index in [0.717, 1.165) is 5.56 Å². The van der Waals surface area contributed by atoms with Crippen molar-refractivity contribution in [3.8, 4) is 5.75 Å². The first-order chi connectivity index (χ1) is 10.1. The van der Waals surface area contributed by atoms with Gasteiger partial charge in [-0.15, -0.1) is 0 Å². The van der Waals surface area contributed by atoms with Gasteiger partial charge in [0.25, 0.3) is 0 Å². The van der Waals surface area contributed by atoms with Crippen molar-refractivity contribution in [3.05, 3.63) is 70.3 Å². The maximum absolute atomic E-state index is 11.8. The van der Waals surface area contributed by atoms with Gasteiger partial charge in [-0.2, -0.15) is 0 Å². The zero-order valence-corrected chi connectivity index (χ0v) is 11.5. The number of carbonyl (C=O) groups excluding carboxylic acids is 1. The van der Waals surface area contributed by atoms with Crippen molar-refractivity contribution in [2.24, 2.45) is 5.16 Å². The summed E-state index contributed by atoms with van der Waals surface area (Å²) in [4.78, 5) is 16.6. The van der Waals surface area contributed by atoms with Crippen LogP contribution < -0.4 is 0 Å². The molecule has 0 saturated carbocycles. The highest BCUT2D eigenvalue weighted by atomic mass is 35.5. The van der Waals surface area contributed by atoms with Crippen LogP contribution in [0.3, 0.4) is 0 Å². The number of aromatic hydroxyl groups is 1. The SMILES string of the molecule is O=C1ON=C(c2ccccc2)/C1=C/c1ccc(O)c(Cl)c1. The van der Waals surface area contributed by atoms with Crippen molar-refractivity contribution in [3.63, 3.8) is 0 Å². The minimum Gasteiger partial charge on any atom is -0.506 e. The summed E-state index contributed by atoms with van der Waals surface area (Å²) < 4.78 is 0. The highest BCUT2D eigenvalue weighted by Gasteiger charge is 2.26. The third kappa shape index (κ3) is 2.66. The second-order valence-electron chi connectivity index (χ2n) is 4.45. The molecule has 0 unspecified atom stereocenters. The fraction of sp³-hybridized carbons (Fsp3) is 0. The second-order valence-corrected chi connectivity index (χ2v) is 4.86. The summed E-state index contributed by atoms with van der Waals surface area (Å²) in [5.41, 5.74) is 2.29. The first-order valence-electron chi connectivity index (χ1n) is 6.20. The lowest BCUT2D eigenvalue weighted by molar-refractivity contribution is -0.136. The quantitative estimate of drug-likeness (QED) is 0.683. The molecule has 0 bridgehead atoms. The lowest BCUT2D eigenvalue weighted by Gasteiger charge is -2.02. The molecule has 1 aliphatic rings. The third-order valence-corrected chi connectivity index (χ3v) is 3.33. The van der Waals surface area contributed by atoms with Gasteiger partial charge < -0.3 is 9.94 Å². The molecule has 0 spiro atoms. The molecule has 0 fully saturated rings. The number of nitrogens with zero attached hydrogens (tertiary/aromatic N) is 1. The first-order valence-corrected chi connectivity index (χ1v) is 6.58. The summed E-state index contributed by atoms with van der Waals surface area (Å²) in [6, 6.07) is 14.0. The fourth-order valence-corrected chi connectivity index (χ4v) is 2.18. The number of benzene rings is 2. The molecule has 5 heteroatoms. The van der Waals surface area contributed by atoms with Crippen molar-refractivity contribution in [1.29, 1.82) is 0 Å². The van der Waals surface area contributed by atoms with Gasteiger partial charge in [0.05, 0.1) is 10.6 Å². The number of rotatable bonds is 2. The molecule has 1 aliphatic heterocycles. The van der Waals surface area contributed by atoms with E-state index in [1.807, 2.05) is 30.3 Å². The Morgan fingerprint density at radius 1 is 1.14 bits per heavy atom. The van der Waals surface area contributed by atoms with Crippen LogP contribution in [0.25, 0.3) is 6.08 Å². The Bertz CT molecular complexity index is 766. The zero-order valence-electron chi connectivity index (χ0n) is 10.8. The highest BCUT2D eigenvalue weighted by molar-refractivity contribution is 6.33. The van der Waals surface area contributed by atoms with E-state index in [9.17, 15) is 9.90 Å². The van der Waals surface area contributed by atoms with Gasteiger partial charge in [-0.25, -0.2) is 4.79 Å². The Hall–Kier alpha value is -2.59. The van der Waals surface area contributed by atoms with Gasteiger partial charge in [0.1, 0.15) is 11.5 Å². The lowest BCUT2D eigenvalue weighted by Crippen LogP contribution is -2.06. The lowest BCUT2D eigenvalue weighted by atomic mass is 10.0. The molecule has 4 nitrogen and oxygen atoms in total. The van der Waals surface area contributed by atoms with Crippen LogP contribution in [0, 0.1) is 0 Å². The van der Waals surface area contributed by atoms with Crippen LogP contribution in [0.4, 0.5) is 0 Å². The molecule has 0 saturated heterocycles. The summed E-state index contributed by atoms with van der Waals surface area (Å²) in [7, 11) is 0. The number of hydrogen-bond acceptors (Lipinski definition) is 4. The van der Waals surface area contributed by atoms with E-state index in [0.29, 0.717) is 16.8 Å². The zero-order chi connectivity index (χ0) is 14.8. The third-order valence-electron chi connectivity index (χ3n) is 3.02. The van der Waals surface area contributed by atoms with Crippen LogP contribution in [-0.4, -0.2) is 16.8 Å². The van der Waals surface area contributed by atoms with E-state index in [1.165, 1.54) is 6.07 Å². The smallest absolute Gasteiger partial charge is 0.368 e. The van der Waals surface area contributed by atoms with Crippen LogP contribution in [0.2, 0.25) is 5.02 Å². The van der Waals surface area contributed by atoms with Gasteiger partial charge in [-0.05, 0) is 23.8 Å². The van der Waals surface area contributed by atoms with Crippen LogP contribution in [0.1, 0.15) is 11.1 Å². The number of halogens is 1. The normalized spacial score (nSPS) is 16.0. The number of carbonyl (C=O) groups is 1. The number of phenols is 1. The molecule has 3 rings (SSSR count). The Labute approximate surface area is 125 Å². The predicted octanol–water partition coefficient (Wildman–Crippen LogP) is 3.39. The summed E-state index contributed by atoms with van der Waals surface area (Å²) in [6.45, 7) is 0. The van der Waals surface area contributed by atoms with Crippen molar-refractivity contribution in [1.82, 2.24) is 0 Å². The van der Waals surface area contributed by atoms with E-state index < -0.39 is 5.97 Å². The highest BCUT2D eigenvalue weighted by Crippen LogP contribution is 2.26. The fourth-order valence-electron chi connectivity index (χ4n) is 1.99. The standard InChI is InChI=1S/C16H10ClNO3/c17-13-9-10(6-7-14(13)19)8-12-15(18-21-16(12)20)11-4-2-1-3-5-11/h1-9,19H/b12-8-. The van der Waals surface area contributed by atoms with Crippen LogP contribution in [-0.2, 0) is 9.63 Å². The molecule has 2 aromatic carbocycles. The molecule has 0 radical (unpaired) electrons. The molecule has 104 valence electrons. The molecule has 2 aromatic rings. The van der Waals surface area contributed by atoms with E-state index in [1.54, 1.807) is 18.2 Å². The average molecular weight is 300 g/mol. The molecular weight excluding hydrogens is 290 g/mol. The van der Waals surface area contributed by atoms with Crippen molar-refractivity contribution in [2.45, 2.75) is 0 Å². The molecule has 0 atom stereocenters. The average Bonchev–Trinajstić information content (AvgIpc) is 2.85.